The Morgan fingerprint density at radius 3 is 2.31 bits per heavy atom. The molecule has 154 valence electrons. The average molecular weight is 396 g/mol. The van der Waals surface area contributed by atoms with E-state index in [9.17, 15) is 9.59 Å². The minimum Gasteiger partial charge on any atom is -0.493 e. The summed E-state index contributed by atoms with van der Waals surface area (Å²) < 4.78 is 10.9. The summed E-state index contributed by atoms with van der Waals surface area (Å²) in [6.07, 6.45) is -0.683. The largest absolute Gasteiger partial charge is 0.493 e. The third-order valence-corrected chi connectivity index (χ3v) is 5.03. The van der Waals surface area contributed by atoms with Crippen LogP contribution < -0.4 is 9.64 Å². The van der Waals surface area contributed by atoms with Crippen LogP contribution in [0.5, 0.6) is 5.75 Å². The first kappa shape index (κ1) is 20.7. The predicted molar refractivity (Wildman–Crippen MR) is 112 cm³/mol. The number of carbonyl (C=O) groups excluding carboxylic acids is 2. The lowest BCUT2D eigenvalue weighted by molar-refractivity contribution is -0.159. The molecule has 6 heteroatoms. The van der Waals surface area contributed by atoms with Crippen LogP contribution in [0.15, 0.2) is 54.6 Å². The van der Waals surface area contributed by atoms with Crippen LogP contribution in [0, 0.1) is 6.92 Å². The summed E-state index contributed by atoms with van der Waals surface area (Å²) in [4.78, 5) is 28.7. The zero-order valence-corrected chi connectivity index (χ0v) is 17.0. The summed E-state index contributed by atoms with van der Waals surface area (Å²) in [5, 5.41) is 0. The van der Waals surface area contributed by atoms with Gasteiger partial charge in [0.25, 0.3) is 5.91 Å². The fourth-order valence-electron chi connectivity index (χ4n) is 3.35. The number of para-hydroxylation sites is 2. The van der Waals surface area contributed by atoms with Gasteiger partial charge in [0, 0.05) is 31.9 Å². The van der Waals surface area contributed by atoms with Crippen molar-refractivity contribution in [3.63, 3.8) is 0 Å². The summed E-state index contributed by atoms with van der Waals surface area (Å²) in [5.74, 6) is 0.175. The number of hydrogen-bond acceptors (Lipinski definition) is 5. The van der Waals surface area contributed by atoms with Crippen LogP contribution in [0.25, 0.3) is 0 Å². The molecule has 1 heterocycles. The number of hydrogen-bond donors (Lipinski definition) is 0. The molecule has 2 aromatic carbocycles. The molecule has 0 aliphatic carbocycles. The molecule has 0 N–H and O–H groups in total. The van der Waals surface area contributed by atoms with Gasteiger partial charge < -0.3 is 19.3 Å². The smallest absolute Gasteiger partial charge is 0.310 e. The Morgan fingerprint density at radius 1 is 0.966 bits per heavy atom. The molecule has 0 bridgehead atoms. The van der Waals surface area contributed by atoms with Gasteiger partial charge in [0.1, 0.15) is 5.75 Å². The first-order valence-corrected chi connectivity index (χ1v) is 10.0. The van der Waals surface area contributed by atoms with Gasteiger partial charge in [-0.15, -0.1) is 0 Å². The molecule has 1 aliphatic rings. The first-order valence-electron chi connectivity index (χ1n) is 10.0. The van der Waals surface area contributed by atoms with Gasteiger partial charge in [0.2, 0.25) is 0 Å². The van der Waals surface area contributed by atoms with Gasteiger partial charge in [0.15, 0.2) is 6.10 Å². The molecule has 2 aromatic rings. The van der Waals surface area contributed by atoms with Crippen LogP contribution in [-0.2, 0) is 14.3 Å². The second kappa shape index (κ2) is 9.96. The van der Waals surface area contributed by atoms with E-state index in [1.54, 1.807) is 11.8 Å². The van der Waals surface area contributed by atoms with Gasteiger partial charge in [-0.05, 0) is 37.6 Å². The number of amides is 1. The van der Waals surface area contributed by atoms with Crippen LogP contribution in [0.3, 0.4) is 0 Å². The van der Waals surface area contributed by atoms with Crippen molar-refractivity contribution in [2.75, 3.05) is 37.7 Å². The fraction of sp³-hybridized carbons (Fsp3) is 0.391. The summed E-state index contributed by atoms with van der Waals surface area (Å²) in [6, 6.07) is 17.8. The molecule has 1 saturated heterocycles. The molecular weight excluding hydrogens is 368 g/mol. The molecule has 3 rings (SSSR count). The van der Waals surface area contributed by atoms with Gasteiger partial charge in [-0.25, -0.2) is 0 Å². The topological polar surface area (TPSA) is 59.1 Å². The quantitative estimate of drug-likeness (QED) is 0.674. The lowest BCUT2D eigenvalue weighted by Gasteiger charge is -2.37. The van der Waals surface area contributed by atoms with E-state index in [1.807, 2.05) is 49.4 Å². The van der Waals surface area contributed by atoms with Crippen LogP contribution in [-0.4, -0.2) is 55.7 Å². The van der Waals surface area contributed by atoms with E-state index in [-0.39, 0.29) is 18.9 Å². The summed E-state index contributed by atoms with van der Waals surface area (Å²) in [5.41, 5.74) is 2.17. The molecule has 1 amide bonds. The molecule has 0 radical (unpaired) electrons. The van der Waals surface area contributed by atoms with E-state index in [0.29, 0.717) is 13.1 Å². The molecule has 29 heavy (non-hydrogen) atoms. The van der Waals surface area contributed by atoms with Gasteiger partial charge in [0.05, 0.1) is 13.0 Å². The molecular formula is C23H28N2O4. The van der Waals surface area contributed by atoms with Crippen LogP contribution in [0.4, 0.5) is 5.69 Å². The second-order valence-corrected chi connectivity index (χ2v) is 7.14. The molecule has 0 saturated carbocycles. The molecule has 1 fully saturated rings. The number of aryl methyl sites for hydroxylation is 1. The van der Waals surface area contributed by atoms with E-state index in [4.69, 9.17) is 9.47 Å². The Morgan fingerprint density at radius 2 is 1.62 bits per heavy atom. The van der Waals surface area contributed by atoms with Crippen LogP contribution in [0.1, 0.15) is 18.9 Å². The van der Waals surface area contributed by atoms with Gasteiger partial charge in [-0.1, -0.05) is 36.4 Å². The minimum atomic E-state index is -0.788. The standard InChI is InChI=1S/C23H28N2O4/c1-18-8-6-7-11-21(18)28-17-12-22(26)29-19(2)23(27)25-15-13-24(14-16-25)20-9-4-3-5-10-20/h3-11,19H,12-17H2,1-2H3. The molecule has 0 aromatic heterocycles. The van der Waals surface area contributed by atoms with E-state index >= 15 is 0 Å². The Balaban J connectivity index is 1.40. The fourth-order valence-corrected chi connectivity index (χ4v) is 3.35. The Bertz CT molecular complexity index is 817. The molecule has 1 aliphatic heterocycles. The maximum Gasteiger partial charge on any atom is 0.310 e. The normalized spacial score (nSPS) is 15.0. The summed E-state index contributed by atoms with van der Waals surface area (Å²) in [7, 11) is 0. The SMILES string of the molecule is Cc1ccccc1OCCC(=O)OC(C)C(=O)N1CCN(c2ccccc2)CC1. The van der Waals surface area contributed by atoms with Gasteiger partial charge in [-0.3, -0.25) is 9.59 Å². The van der Waals surface area contributed by atoms with Crippen molar-refractivity contribution in [3.8, 4) is 5.75 Å². The zero-order valence-electron chi connectivity index (χ0n) is 17.0. The van der Waals surface area contributed by atoms with E-state index in [2.05, 4.69) is 17.0 Å². The number of nitrogens with zero attached hydrogens (tertiary/aromatic N) is 2. The number of esters is 1. The minimum absolute atomic E-state index is 0.105. The van der Waals surface area contributed by atoms with Crippen molar-refractivity contribution in [1.29, 1.82) is 0 Å². The maximum absolute atomic E-state index is 12.6. The maximum atomic E-state index is 12.6. The second-order valence-electron chi connectivity index (χ2n) is 7.14. The Kier molecular flexibility index (Phi) is 7.11. The lowest BCUT2D eigenvalue weighted by atomic mass is 10.2. The number of ether oxygens (including phenoxy) is 2. The van der Waals surface area contributed by atoms with E-state index in [0.717, 1.165) is 30.1 Å². The predicted octanol–water partition coefficient (Wildman–Crippen LogP) is 3.04. The monoisotopic (exact) mass is 396 g/mol. The highest BCUT2D eigenvalue weighted by atomic mass is 16.6. The van der Waals surface area contributed by atoms with Crippen molar-refractivity contribution in [2.45, 2.75) is 26.4 Å². The van der Waals surface area contributed by atoms with Crippen molar-refractivity contribution in [1.82, 2.24) is 4.90 Å². The average Bonchev–Trinajstić information content (AvgIpc) is 2.75. The molecule has 1 unspecified atom stereocenters. The number of carbonyl (C=O) groups is 2. The highest BCUT2D eigenvalue weighted by molar-refractivity contribution is 5.83. The zero-order chi connectivity index (χ0) is 20.6. The third kappa shape index (κ3) is 5.73. The number of rotatable bonds is 7. The van der Waals surface area contributed by atoms with Crippen molar-refractivity contribution in [2.24, 2.45) is 0 Å². The van der Waals surface area contributed by atoms with Gasteiger partial charge in [-0.2, -0.15) is 0 Å². The number of benzene rings is 2. The highest BCUT2D eigenvalue weighted by Crippen LogP contribution is 2.17. The van der Waals surface area contributed by atoms with Gasteiger partial charge >= 0.3 is 5.97 Å². The van der Waals surface area contributed by atoms with E-state index < -0.39 is 12.1 Å². The Hall–Kier alpha value is -3.02. The lowest BCUT2D eigenvalue weighted by Crippen LogP contribution is -2.51. The number of piperazine rings is 1. The molecule has 6 nitrogen and oxygen atoms in total. The third-order valence-electron chi connectivity index (χ3n) is 5.03. The van der Waals surface area contributed by atoms with Crippen molar-refractivity contribution < 1.29 is 19.1 Å². The van der Waals surface area contributed by atoms with Crippen LogP contribution >= 0.6 is 0 Å². The molecule has 0 spiro atoms. The summed E-state index contributed by atoms with van der Waals surface area (Å²) >= 11 is 0. The Labute approximate surface area is 172 Å². The summed E-state index contributed by atoms with van der Waals surface area (Å²) in [6.45, 7) is 6.57. The number of anilines is 1. The first-order chi connectivity index (χ1) is 14.0. The van der Waals surface area contributed by atoms with Crippen LogP contribution in [0.2, 0.25) is 0 Å². The van der Waals surface area contributed by atoms with Crippen molar-refractivity contribution >= 4 is 17.6 Å². The highest BCUT2D eigenvalue weighted by Gasteiger charge is 2.27. The van der Waals surface area contributed by atoms with E-state index in [1.165, 1.54) is 0 Å². The van der Waals surface area contributed by atoms with Crippen molar-refractivity contribution in [3.05, 3.63) is 60.2 Å². The molecule has 1 atom stereocenters.